The Morgan fingerprint density at radius 2 is 1.65 bits per heavy atom. The molecule has 0 atom stereocenters. The zero-order chi connectivity index (χ0) is 16.5. The van der Waals surface area contributed by atoms with E-state index >= 15 is 0 Å². The summed E-state index contributed by atoms with van der Waals surface area (Å²) in [5.74, 6) is 0.197. The van der Waals surface area contributed by atoms with Gasteiger partial charge in [0.05, 0.1) is 12.7 Å². The van der Waals surface area contributed by atoms with Gasteiger partial charge in [-0.15, -0.1) is 0 Å². The molecule has 0 aliphatic rings. The van der Waals surface area contributed by atoms with Gasteiger partial charge in [0, 0.05) is 31.0 Å². The third-order valence-electron chi connectivity index (χ3n) is 3.22. The molecule has 1 aromatic heterocycles. The monoisotopic (exact) mass is 313 g/mol. The minimum absolute atomic E-state index is 0.150. The molecule has 0 saturated carbocycles. The van der Waals surface area contributed by atoms with E-state index in [4.69, 9.17) is 4.74 Å². The van der Waals surface area contributed by atoms with Crippen molar-refractivity contribution in [2.75, 3.05) is 20.2 Å². The molecule has 2 amide bonds. The molecule has 0 bridgehead atoms. The summed E-state index contributed by atoms with van der Waals surface area (Å²) < 4.78 is 5.15. The number of amides is 2. The van der Waals surface area contributed by atoms with Gasteiger partial charge in [-0.3, -0.25) is 14.6 Å². The van der Waals surface area contributed by atoms with Crippen LogP contribution in [0.4, 0.5) is 0 Å². The van der Waals surface area contributed by atoms with Crippen molar-refractivity contribution >= 4 is 11.8 Å². The molecule has 0 spiro atoms. The molecule has 0 radical (unpaired) electrons. The van der Waals surface area contributed by atoms with Gasteiger partial charge in [-0.2, -0.15) is 0 Å². The fraction of sp³-hybridized carbons (Fsp3) is 0.235. The van der Waals surface area contributed by atoms with Crippen LogP contribution < -0.4 is 15.4 Å². The Labute approximate surface area is 134 Å². The second-order valence-corrected chi connectivity index (χ2v) is 4.80. The van der Waals surface area contributed by atoms with Crippen LogP contribution >= 0.6 is 0 Å². The van der Waals surface area contributed by atoms with Gasteiger partial charge in [0.25, 0.3) is 11.8 Å². The summed E-state index contributed by atoms with van der Waals surface area (Å²) in [6.07, 6.45) is 3.78. The van der Waals surface area contributed by atoms with Gasteiger partial charge < -0.3 is 15.4 Å². The van der Waals surface area contributed by atoms with Gasteiger partial charge >= 0.3 is 0 Å². The lowest BCUT2D eigenvalue weighted by atomic mass is 10.2. The predicted octanol–water partition coefficient (Wildman–Crippen LogP) is 1.64. The van der Waals surface area contributed by atoms with Gasteiger partial charge in [0.2, 0.25) is 0 Å². The molecule has 1 aromatic carbocycles. The number of ether oxygens (including phenoxy) is 1. The van der Waals surface area contributed by atoms with Crippen LogP contribution in [0, 0.1) is 0 Å². The number of carbonyl (C=O) groups is 2. The van der Waals surface area contributed by atoms with E-state index in [-0.39, 0.29) is 11.8 Å². The van der Waals surface area contributed by atoms with Crippen LogP contribution in [0.3, 0.4) is 0 Å². The molecule has 1 heterocycles. The maximum absolute atomic E-state index is 12.1. The van der Waals surface area contributed by atoms with Gasteiger partial charge in [-0.05, 0) is 30.7 Å². The van der Waals surface area contributed by atoms with Gasteiger partial charge in [0.1, 0.15) is 5.75 Å². The van der Waals surface area contributed by atoms with E-state index < -0.39 is 0 Å². The van der Waals surface area contributed by atoms with E-state index in [1.165, 1.54) is 7.11 Å². The van der Waals surface area contributed by atoms with Crippen LogP contribution in [-0.4, -0.2) is 37.0 Å². The van der Waals surface area contributed by atoms with Crippen molar-refractivity contribution < 1.29 is 14.3 Å². The lowest BCUT2D eigenvalue weighted by Gasteiger charge is -2.09. The zero-order valence-corrected chi connectivity index (χ0v) is 12.9. The first-order chi connectivity index (χ1) is 11.2. The van der Waals surface area contributed by atoms with E-state index in [0.717, 1.165) is 0 Å². The Kier molecular flexibility index (Phi) is 6.11. The average molecular weight is 313 g/mol. The highest BCUT2D eigenvalue weighted by Gasteiger charge is 2.10. The largest absolute Gasteiger partial charge is 0.496 e. The van der Waals surface area contributed by atoms with Crippen molar-refractivity contribution in [2.45, 2.75) is 6.42 Å². The third-order valence-corrected chi connectivity index (χ3v) is 3.22. The van der Waals surface area contributed by atoms with E-state index in [1.54, 1.807) is 42.7 Å². The summed E-state index contributed by atoms with van der Waals surface area (Å²) in [6, 6.07) is 10.3. The molecule has 0 saturated heterocycles. The average Bonchev–Trinajstić information content (AvgIpc) is 2.61. The fourth-order valence-corrected chi connectivity index (χ4v) is 2.03. The number of para-hydroxylation sites is 1. The predicted molar refractivity (Wildman–Crippen MR) is 86.5 cm³/mol. The van der Waals surface area contributed by atoms with Crippen molar-refractivity contribution in [3.8, 4) is 5.75 Å². The molecular weight excluding hydrogens is 294 g/mol. The molecule has 0 fully saturated rings. The number of carbonyl (C=O) groups excluding carboxylic acids is 2. The number of benzene rings is 1. The topological polar surface area (TPSA) is 80.3 Å². The summed E-state index contributed by atoms with van der Waals surface area (Å²) >= 11 is 0. The van der Waals surface area contributed by atoms with Crippen LogP contribution in [0.1, 0.15) is 27.1 Å². The van der Waals surface area contributed by atoms with E-state index in [0.29, 0.717) is 36.4 Å². The Morgan fingerprint density at radius 1 is 1.00 bits per heavy atom. The van der Waals surface area contributed by atoms with Crippen LogP contribution in [0.15, 0.2) is 48.8 Å². The van der Waals surface area contributed by atoms with Crippen LogP contribution in [0.25, 0.3) is 0 Å². The van der Waals surface area contributed by atoms with Gasteiger partial charge in [0.15, 0.2) is 0 Å². The second kappa shape index (κ2) is 8.53. The number of rotatable bonds is 7. The summed E-state index contributed by atoms with van der Waals surface area (Å²) in [6.45, 7) is 0.945. The lowest BCUT2D eigenvalue weighted by Crippen LogP contribution is -2.30. The number of aromatic nitrogens is 1. The van der Waals surface area contributed by atoms with Crippen molar-refractivity contribution in [1.82, 2.24) is 15.6 Å². The maximum Gasteiger partial charge on any atom is 0.255 e. The molecule has 0 unspecified atom stereocenters. The number of nitrogens with zero attached hydrogens (tertiary/aromatic N) is 1. The molecule has 0 aliphatic carbocycles. The minimum Gasteiger partial charge on any atom is -0.496 e. The molecule has 23 heavy (non-hydrogen) atoms. The van der Waals surface area contributed by atoms with Crippen molar-refractivity contribution in [3.63, 3.8) is 0 Å². The summed E-state index contributed by atoms with van der Waals surface area (Å²) in [5, 5.41) is 5.60. The first-order valence-corrected chi connectivity index (χ1v) is 7.32. The fourth-order valence-electron chi connectivity index (χ4n) is 2.03. The Morgan fingerprint density at radius 3 is 2.35 bits per heavy atom. The standard InChI is InChI=1S/C17H19N3O3/c1-23-15-6-3-2-5-14(15)17(22)20-10-4-9-19-16(21)13-7-11-18-12-8-13/h2-3,5-8,11-12H,4,9-10H2,1H3,(H,19,21)(H,20,22). The van der Waals surface area contributed by atoms with Crippen molar-refractivity contribution in [1.29, 1.82) is 0 Å². The highest BCUT2D eigenvalue weighted by Crippen LogP contribution is 2.16. The third kappa shape index (κ3) is 4.81. The van der Waals surface area contributed by atoms with E-state index in [9.17, 15) is 9.59 Å². The SMILES string of the molecule is COc1ccccc1C(=O)NCCCNC(=O)c1ccncc1. The maximum atomic E-state index is 12.1. The number of hydrogen-bond acceptors (Lipinski definition) is 4. The lowest BCUT2D eigenvalue weighted by molar-refractivity contribution is 0.0949. The summed E-state index contributed by atoms with van der Waals surface area (Å²) in [4.78, 5) is 27.7. The first-order valence-electron chi connectivity index (χ1n) is 7.32. The van der Waals surface area contributed by atoms with Crippen LogP contribution in [-0.2, 0) is 0 Å². The second-order valence-electron chi connectivity index (χ2n) is 4.80. The number of pyridine rings is 1. The Balaban J connectivity index is 1.71. The van der Waals surface area contributed by atoms with Gasteiger partial charge in [-0.25, -0.2) is 0 Å². The smallest absolute Gasteiger partial charge is 0.255 e. The molecular formula is C17H19N3O3. The Bertz CT molecular complexity index is 659. The number of hydrogen-bond donors (Lipinski definition) is 2. The van der Waals surface area contributed by atoms with E-state index in [2.05, 4.69) is 15.6 Å². The quantitative estimate of drug-likeness (QED) is 0.762. The minimum atomic E-state index is -0.192. The van der Waals surface area contributed by atoms with Crippen LogP contribution in [0.5, 0.6) is 5.75 Å². The molecule has 2 N–H and O–H groups in total. The highest BCUT2D eigenvalue weighted by atomic mass is 16.5. The number of nitrogens with one attached hydrogen (secondary N) is 2. The summed E-state index contributed by atoms with van der Waals surface area (Å²) in [7, 11) is 1.53. The van der Waals surface area contributed by atoms with Crippen LogP contribution in [0.2, 0.25) is 0 Å². The van der Waals surface area contributed by atoms with E-state index in [1.807, 2.05) is 6.07 Å². The van der Waals surface area contributed by atoms with Crippen molar-refractivity contribution in [2.24, 2.45) is 0 Å². The Hall–Kier alpha value is -2.89. The number of methoxy groups -OCH3 is 1. The summed E-state index contributed by atoms with van der Waals surface area (Å²) in [5.41, 5.74) is 1.06. The van der Waals surface area contributed by atoms with Gasteiger partial charge in [-0.1, -0.05) is 12.1 Å². The molecule has 0 aliphatic heterocycles. The zero-order valence-electron chi connectivity index (χ0n) is 12.9. The molecule has 2 aromatic rings. The molecule has 6 nitrogen and oxygen atoms in total. The normalized spacial score (nSPS) is 9.96. The highest BCUT2D eigenvalue weighted by molar-refractivity contribution is 5.97. The molecule has 6 heteroatoms. The van der Waals surface area contributed by atoms with Crippen molar-refractivity contribution in [3.05, 3.63) is 59.9 Å². The first kappa shape index (κ1) is 16.5. The molecule has 2 rings (SSSR count). The molecule has 120 valence electrons.